The van der Waals surface area contributed by atoms with E-state index >= 15 is 0 Å². The normalized spacial score (nSPS) is 44.4. The zero-order valence-electron chi connectivity index (χ0n) is 12.2. The first-order valence-electron chi connectivity index (χ1n) is 8.69. The van der Waals surface area contributed by atoms with Crippen LogP contribution in [0.15, 0.2) is 24.3 Å². The van der Waals surface area contributed by atoms with Gasteiger partial charge in [-0.25, -0.2) is 0 Å². The fourth-order valence-corrected chi connectivity index (χ4v) is 6.32. The molecule has 0 radical (unpaired) electrons. The first-order chi connectivity index (χ1) is 9.87. The molecule has 1 unspecified atom stereocenters. The van der Waals surface area contributed by atoms with Crippen LogP contribution in [0.3, 0.4) is 0 Å². The Morgan fingerprint density at radius 1 is 0.900 bits per heavy atom. The number of fused-ring (bicyclic) bond motifs is 1. The standard InChI is InChI=1S/C19H25N/c1-2-4-19-17(3-1)16(11-20-19)10-18-14-6-12-5-13(8-14)9-15(18)7-12/h1-4,12-16,18,20H,5-11H2. The van der Waals surface area contributed by atoms with Crippen LogP contribution in [0.2, 0.25) is 0 Å². The van der Waals surface area contributed by atoms with Crippen molar-refractivity contribution in [1.29, 1.82) is 0 Å². The van der Waals surface area contributed by atoms with Crippen LogP contribution < -0.4 is 5.32 Å². The highest BCUT2D eigenvalue weighted by molar-refractivity contribution is 5.57. The molecule has 0 saturated heterocycles. The van der Waals surface area contributed by atoms with Gasteiger partial charge in [0.05, 0.1) is 0 Å². The van der Waals surface area contributed by atoms with Gasteiger partial charge < -0.3 is 5.32 Å². The molecule has 1 N–H and O–H groups in total. The number of rotatable bonds is 2. The van der Waals surface area contributed by atoms with E-state index in [1.54, 1.807) is 37.7 Å². The Balaban J connectivity index is 1.38. The molecule has 0 aromatic heterocycles. The number of para-hydroxylation sites is 1. The second-order valence-corrected chi connectivity index (χ2v) is 8.00. The Morgan fingerprint density at radius 2 is 1.60 bits per heavy atom. The highest BCUT2D eigenvalue weighted by Gasteiger charge is 2.48. The van der Waals surface area contributed by atoms with Crippen molar-refractivity contribution in [3.8, 4) is 0 Å². The van der Waals surface area contributed by atoms with Crippen LogP contribution in [0.1, 0.15) is 50.0 Å². The van der Waals surface area contributed by atoms with E-state index in [-0.39, 0.29) is 0 Å². The summed E-state index contributed by atoms with van der Waals surface area (Å²) in [6.07, 6.45) is 9.31. The van der Waals surface area contributed by atoms with Crippen molar-refractivity contribution in [2.45, 2.75) is 44.4 Å². The van der Waals surface area contributed by atoms with Crippen LogP contribution in [0.4, 0.5) is 5.69 Å². The molecule has 1 nitrogen and oxygen atoms in total. The summed E-state index contributed by atoms with van der Waals surface area (Å²) in [7, 11) is 0. The molecule has 6 rings (SSSR count). The highest BCUT2D eigenvalue weighted by Crippen LogP contribution is 2.58. The minimum Gasteiger partial charge on any atom is -0.384 e. The molecule has 1 aromatic rings. The summed E-state index contributed by atoms with van der Waals surface area (Å²) in [6.45, 7) is 1.18. The molecular formula is C19H25N. The van der Waals surface area contributed by atoms with Gasteiger partial charge in [0.25, 0.3) is 0 Å². The topological polar surface area (TPSA) is 12.0 Å². The zero-order valence-corrected chi connectivity index (χ0v) is 12.2. The van der Waals surface area contributed by atoms with Crippen molar-refractivity contribution in [2.24, 2.45) is 29.6 Å². The SMILES string of the molecule is c1ccc2c(c1)NCC2CC1C2CC3CC(C2)CC1C3. The molecule has 1 atom stereocenters. The molecule has 106 valence electrons. The van der Waals surface area contributed by atoms with Crippen LogP contribution in [0.25, 0.3) is 0 Å². The van der Waals surface area contributed by atoms with Crippen LogP contribution in [0, 0.1) is 29.6 Å². The molecule has 4 saturated carbocycles. The summed E-state index contributed by atoms with van der Waals surface area (Å²) in [5.41, 5.74) is 3.00. The predicted molar refractivity (Wildman–Crippen MR) is 82.8 cm³/mol. The van der Waals surface area contributed by atoms with E-state index in [1.165, 1.54) is 18.7 Å². The van der Waals surface area contributed by atoms with Crippen LogP contribution in [0.5, 0.6) is 0 Å². The van der Waals surface area contributed by atoms with E-state index in [1.807, 2.05) is 0 Å². The van der Waals surface area contributed by atoms with Gasteiger partial charge in [-0.05, 0) is 79.7 Å². The van der Waals surface area contributed by atoms with E-state index < -0.39 is 0 Å². The first kappa shape index (κ1) is 11.7. The van der Waals surface area contributed by atoms with Crippen molar-refractivity contribution in [3.63, 3.8) is 0 Å². The van der Waals surface area contributed by atoms with Gasteiger partial charge in [-0.15, -0.1) is 0 Å². The monoisotopic (exact) mass is 267 g/mol. The van der Waals surface area contributed by atoms with Crippen LogP contribution >= 0.6 is 0 Å². The summed E-state index contributed by atoms with van der Waals surface area (Å²) in [6, 6.07) is 9.00. The third-order valence-electron chi connectivity index (χ3n) is 6.92. The van der Waals surface area contributed by atoms with E-state index in [9.17, 15) is 0 Å². The van der Waals surface area contributed by atoms with Gasteiger partial charge in [-0.3, -0.25) is 0 Å². The molecule has 1 aromatic carbocycles. The lowest BCUT2D eigenvalue weighted by atomic mass is 9.50. The van der Waals surface area contributed by atoms with Gasteiger partial charge in [-0.1, -0.05) is 18.2 Å². The molecular weight excluding hydrogens is 242 g/mol. The van der Waals surface area contributed by atoms with E-state index in [0.29, 0.717) is 0 Å². The maximum absolute atomic E-state index is 3.62. The number of anilines is 1. The maximum Gasteiger partial charge on any atom is 0.0376 e. The largest absolute Gasteiger partial charge is 0.384 e. The predicted octanol–water partition coefficient (Wildman–Crippen LogP) is 4.66. The average molecular weight is 267 g/mol. The lowest BCUT2D eigenvalue weighted by molar-refractivity contribution is -0.0416. The third-order valence-corrected chi connectivity index (χ3v) is 6.92. The van der Waals surface area contributed by atoms with Gasteiger partial charge >= 0.3 is 0 Å². The second kappa shape index (κ2) is 4.26. The lowest BCUT2D eigenvalue weighted by Crippen LogP contribution is -2.45. The molecule has 4 aliphatic carbocycles. The average Bonchev–Trinajstić information content (AvgIpc) is 2.85. The van der Waals surface area contributed by atoms with Crippen molar-refractivity contribution in [2.75, 3.05) is 11.9 Å². The van der Waals surface area contributed by atoms with Gasteiger partial charge in [-0.2, -0.15) is 0 Å². The van der Waals surface area contributed by atoms with E-state index in [0.717, 1.165) is 35.5 Å². The molecule has 0 amide bonds. The Bertz CT molecular complexity index is 492. The lowest BCUT2D eigenvalue weighted by Gasteiger charge is -2.55. The molecule has 1 heteroatoms. The minimum atomic E-state index is 0.786. The number of nitrogens with one attached hydrogen (secondary N) is 1. The molecule has 4 fully saturated rings. The molecule has 20 heavy (non-hydrogen) atoms. The van der Waals surface area contributed by atoms with Gasteiger partial charge in [0.2, 0.25) is 0 Å². The van der Waals surface area contributed by atoms with Gasteiger partial charge in [0.1, 0.15) is 0 Å². The summed E-state index contributed by atoms with van der Waals surface area (Å²) in [5.74, 6) is 6.22. The quantitative estimate of drug-likeness (QED) is 0.822. The zero-order chi connectivity index (χ0) is 13.1. The first-order valence-corrected chi connectivity index (χ1v) is 8.69. The molecule has 1 heterocycles. The Labute approximate surface area is 122 Å². The van der Waals surface area contributed by atoms with Crippen LogP contribution in [-0.2, 0) is 0 Å². The Kier molecular flexibility index (Phi) is 2.48. The maximum atomic E-state index is 3.62. The Hall–Kier alpha value is -0.980. The van der Waals surface area contributed by atoms with Crippen molar-refractivity contribution in [3.05, 3.63) is 29.8 Å². The fourth-order valence-electron chi connectivity index (χ4n) is 6.32. The smallest absolute Gasteiger partial charge is 0.0376 e. The summed E-state index contributed by atoms with van der Waals surface area (Å²) in [4.78, 5) is 0. The van der Waals surface area contributed by atoms with Crippen LogP contribution in [-0.4, -0.2) is 6.54 Å². The van der Waals surface area contributed by atoms with Crippen molar-refractivity contribution in [1.82, 2.24) is 0 Å². The summed E-state index contributed by atoms with van der Waals surface area (Å²) in [5, 5.41) is 3.62. The highest BCUT2D eigenvalue weighted by atomic mass is 14.9. The second-order valence-electron chi connectivity index (χ2n) is 8.00. The van der Waals surface area contributed by atoms with Gasteiger partial charge in [0.15, 0.2) is 0 Å². The van der Waals surface area contributed by atoms with E-state index in [4.69, 9.17) is 0 Å². The summed E-state index contributed by atoms with van der Waals surface area (Å²) >= 11 is 0. The number of hydrogen-bond donors (Lipinski definition) is 1. The summed E-state index contributed by atoms with van der Waals surface area (Å²) < 4.78 is 0. The Morgan fingerprint density at radius 3 is 2.35 bits per heavy atom. The number of benzene rings is 1. The van der Waals surface area contributed by atoms with E-state index in [2.05, 4.69) is 29.6 Å². The molecule has 5 aliphatic rings. The molecule has 4 bridgehead atoms. The number of hydrogen-bond acceptors (Lipinski definition) is 1. The fraction of sp³-hybridized carbons (Fsp3) is 0.684. The minimum absolute atomic E-state index is 0.786. The molecule has 0 spiro atoms. The van der Waals surface area contributed by atoms with Gasteiger partial charge in [0, 0.05) is 18.2 Å². The van der Waals surface area contributed by atoms with Crippen molar-refractivity contribution < 1.29 is 0 Å². The molecule has 1 aliphatic heterocycles. The van der Waals surface area contributed by atoms with Crippen molar-refractivity contribution >= 4 is 5.69 Å². The third kappa shape index (κ3) is 1.68.